The molecule has 0 aliphatic carbocycles. The Hall–Kier alpha value is -3.92. The number of halogens is 2. The third kappa shape index (κ3) is 5.59. The van der Waals surface area contributed by atoms with Crippen molar-refractivity contribution in [2.45, 2.75) is 19.4 Å². The Bertz CT molecular complexity index is 1450. The minimum absolute atomic E-state index is 0.0254. The van der Waals surface area contributed by atoms with Gasteiger partial charge in [0.15, 0.2) is 0 Å². The van der Waals surface area contributed by atoms with Gasteiger partial charge in [-0.05, 0) is 60.2 Å². The summed E-state index contributed by atoms with van der Waals surface area (Å²) in [5.41, 5.74) is 1.44. The van der Waals surface area contributed by atoms with Crippen LogP contribution < -0.4 is 16.2 Å². The van der Waals surface area contributed by atoms with Crippen LogP contribution in [0.15, 0.2) is 41.2 Å². The van der Waals surface area contributed by atoms with Crippen molar-refractivity contribution < 1.29 is 18.8 Å². The number of hydrogen-bond acceptors (Lipinski definition) is 5. The van der Waals surface area contributed by atoms with Gasteiger partial charge in [0.25, 0.3) is 11.5 Å². The van der Waals surface area contributed by atoms with Crippen LogP contribution in [0.4, 0.5) is 10.1 Å². The number of nitrogens with one attached hydrogen (secondary N) is 3. The predicted molar refractivity (Wildman–Crippen MR) is 139 cm³/mol. The molecule has 1 aromatic heterocycles. The van der Waals surface area contributed by atoms with E-state index in [0.717, 1.165) is 17.2 Å². The molecular formula is C26H27ClFN5O4. The number of pyridine rings is 1. The molecule has 3 N–H and O–H groups in total. The zero-order valence-corrected chi connectivity index (χ0v) is 21.4. The lowest BCUT2D eigenvalue weighted by Crippen LogP contribution is -2.41. The van der Waals surface area contributed by atoms with Crippen molar-refractivity contribution in [3.05, 3.63) is 74.4 Å². The lowest BCUT2D eigenvalue weighted by Gasteiger charge is -2.35. The quantitative estimate of drug-likeness (QED) is 0.456. The Labute approximate surface area is 217 Å². The largest absolute Gasteiger partial charge is 0.374 e. The molecule has 11 heteroatoms. The Kier molecular flexibility index (Phi) is 7.49. The van der Waals surface area contributed by atoms with Crippen molar-refractivity contribution in [2.24, 2.45) is 0 Å². The van der Waals surface area contributed by atoms with Crippen LogP contribution >= 0.6 is 11.6 Å². The van der Waals surface area contributed by atoms with Gasteiger partial charge in [-0.1, -0.05) is 17.7 Å². The van der Waals surface area contributed by atoms with Crippen molar-refractivity contribution in [3.63, 3.8) is 0 Å². The third-order valence-electron chi connectivity index (χ3n) is 6.47. The van der Waals surface area contributed by atoms with Gasteiger partial charge in [0.2, 0.25) is 11.8 Å². The molecule has 2 heterocycles. The van der Waals surface area contributed by atoms with Gasteiger partial charge in [0.05, 0.1) is 30.2 Å². The maximum Gasteiger partial charge on any atom is 0.268 e. The van der Waals surface area contributed by atoms with Gasteiger partial charge < -0.3 is 25.4 Å². The van der Waals surface area contributed by atoms with E-state index in [-0.39, 0.29) is 47.7 Å². The zero-order chi connectivity index (χ0) is 26.9. The summed E-state index contributed by atoms with van der Waals surface area (Å²) in [6, 6.07) is 9.30. The number of amides is 3. The van der Waals surface area contributed by atoms with Gasteiger partial charge in [-0.25, -0.2) is 4.39 Å². The Morgan fingerprint density at radius 1 is 1.16 bits per heavy atom. The molecule has 0 saturated heterocycles. The van der Waals surface area contributed by atoms with E-state index in [4.69, 9.17) is 11.6 Å². The van der Waals surface area contributed by atoms with Crippen molar-refractivity contribution in [1.82, 2.24) is 20.1 Å². The molecule has 9 nitrogen and oxygen atoms in total. The average Bonchev–Trinajstić information content (AvgIpc) is 2.86. The maximum atomic E-state index is 14.8. The number of carbonyl (C=O) groups excluding carboxylic acids is 3. The van der Waals surface area contributed by atoms with E-state index in [2.05, 4.69) is 15.6 Å². The van der Waals surface area contributed by atoms with Gasteiger partial charge in [0, 0.05) is 25.7 Å². The number of aromatic nitrogens is 1. The molecule has 3 aromatic rings. The van der Waals surface area contributed by atoms with E-state index < -0.39 is 17.3 Å². The number of hydrogen-bond donors (Lipinski definition) is 3. The molecular weight excluding hydrogens is 501 g/mol. The Balaban J connectivity index is 1.49. The highest BCUT2D eigenvalue weighted by atomic mass is 35.5. The van der Waals surface area contributed by atoms with Crippen molar-refractivity contribution in [2.75, 3.05) is 39.0 Å². The van der Waals surface area contributed by atoms with Gasteiger partial charge >= 0.3 is 0 Å². The van der Waals surface area contributed by atoms with Crippen LogP contribution in [0.1, 0.15) is 34.6 Å². The molecule has 1 aliphatic heterocycles. The van der Waals surface area contributed by atoms with Crippen molar-refractivity contribution in [3.8, 4) is 0 Å². The summed E-state index contributed by atoms with van der Waals surface area (Å²) in [6.45, 7) is 2.06. The first-order chi connectivity index (χ1) is 17.5. The molecule has 0 saturated carbocycles. The summed E-state index contributed by atoms with van der Waals surface area (Å²) < 4.78 is 14.8. The summed E-state index contributed by atoms with van der Waals surface area (Å²) in [5, 5.41) is 6.28. The monoisotopic (exact) mass is 527 g/mol. The van der Waals surface area contributed by atoms with E-state index in [1.54, 1.807) is 25.1 Å². The summed E-state index contributed by atoms with van der Waals surface area (Å²) in [5.74, 6) is -1.87. The second kappa shape index (κ2) is 10.6. The molecule has 0 spiro atoms. The summed E-state index contributed by atoms with van der Waals surface area (Å²) in [7, 11) is 3.11. The first-order valence-electron chi connectivity index (χ1n) is 11.7. The number of nitrogens with zero attached hydrogens (tertiary/aromatic N) is 2. The molecule has 0 bridgehead atoms. The number of carbonyl (C=O) groups is 3. The number of anilines is 1. The minimum Gasteiger partial charge on any atom is -0.374 e. The molecule has 0 unspecified atom stereocenters. The van der Waals surface area contributed by atoms with Crippen LogP contribution in [0, 0.1) is 5.82 Å². The maximum absolute atomic E-state index is 14.8. The van der Waals surface area contributed by atoms with Crippen LogP contribution in [0.25, 0.3) is 10.8 Å². The van der Waals surface area contributed by atoms with Crippen LogP contribution in [-0.4, -0.2) is 66.2 Å². The number of H-pyrrole nitrogens is 1. The minimum atomic E-state index is -0.703. The normalized spacial score (nSPS) is 14.7. The summed E-state index contributed by atoms with van der Waals surface area (Å²) in [4.78, 5) is 55.1. The number of benzene rings is 2. The molecule has 2 aromatic carbocycles. The first-order valence-corrected chi connectivity index (χ1v) is 12.1. The molecule has 4 rings (SSSR count). The smallest absolute Gasteiger partial charge is 0.268 e. The van der Waals surface area contributed by atoms with Gasteiger partial charge in [-0.15, -0.1) is 0 Å². The molecule has 1 atom stereocenters. The Morgan fingerprint density at radius 2 is 1.92 bits per heavy atom. The molecule has 0 fully saturated rings. The van der Waals surface area contributed by atoms with Gasteiger partial charge in [0.1, 0.15) is 11.5 Å². The van der Waals surface area contributed by atoms with E-state index in [1.165, 1.54) is 17.0 Å². The van der Waals surface area contributed by atoms with Crippen molar-refractivity contribution >= 4 is 45.8 Å². The van der Waals surface area contributed by atoms with Crippen LogP contribution in [0.2, 0.25) is 5.02 Å². The number of likely N-dealkylation sites (N-methyl/N-ethyl adjacent to an activating group) is 1. The predicted octanol–water partition coefficient (Wildman–Crippen LogP) is 2.70. The standard InChI is InChI=1S/C26H27ClFN5O4/c1-14-18-5-4-17(27)8-15(18)6-7-33(14)24(35)13-29-21-9-16-10-22(26(37)30-12-23(34)32(2)3)31-25(36)19(16)11-20(21)28/h4-5,8-11,14,29H,6-7,12-13H2,1-3H3,(H,30,37)(H,31,36)/t14-/m0/s1. The fourth-order valence-electron chi connectivity index (χ4n) is 4.37. The fourth-order valence-corrected chi connectivity index (χ4v) is 4.56. The fraction of sp³-hybridized carbons (Fsp3) is 0.308. The second-order valence-electron chi connectivity index (χ2n) is 9.11. The van der Waals surface area contributed by atoms with E-state index >= 15 is 0 Å². The van der Waals surface area contributed by atoms with Crippen LogP contribution in [0.3, 0.4) is 0 Å². The highest BCUT2D eigenvalue weighted by Gasteiger charge is 2.27. The summed E-state index contributed by atoms with van der Waals surface area (Å²) in [6.07, 6.45) is 0.671. The average molecular weight is 528 g/mol. The SMILES string of the molecule is C[C@H]1c2ccc(Cl)cc2CCN1C(=O)CNc1cc2cc(C(=O)NCC(=O)N(C)C)[nH]c(=O)c2cc1F. The van der Waals surface area contributed by atoms with E-state index in [9.17, 15) is 23.6 Å². The Morgan fingerprint density at radius 3 is 2.65 bits per heavy atom. The van der Waals surface area contributed by atoms with Gasteiger partial charge in [-0.3, -0.25) is 19.2 Å². The number of fused-ring (bicyclic) bond motifs is 2. The van der Waals surface area contributed by atoms with Crippen LogP contribution in [0.5, 0.6) is 0 Å². The molecule has 37 heavy (non-hydrogen) atoms. The van der Waals surface area contributed by atoms with Crippen LogP contribution in [-0.2, 0) is 16.0 Å². The lowest BCUT2D eigenvalue weighted by molar-refractivity contribution is -0.131. The second-order valence-corrected chi connectivity index (χ2v) is 9.55. The highest BCUT2D eigenvalue weighted by Crippen LogP contribution is 2.31. The highest BCUT2D eigenvalue weighted by molar-refractivity contribution is 6.30. The van der Waals surface area contributed by atoms with E-state index in [0.29, 0.717) is 23.4 Å². The molecule has 1 aliphatic rings. The molecule has 3 amide bonds. The molecule has 0 radical (unpaired) electrons. The zero-order valence-electron chi connectivity index (χ0n) is 20.7. The summed E-state index contributed by atoms with van der Waals surface area (Å²) >= 11 is 6.09. The van der Waals surface area contributed by atoms with E-state index in [1.807, 2.05) is 19.1 Å². The van der Waals surface area contributed by atoms with Crippen molar-refractivity contribution in [1.29, 1.82) is 0 Å². The number of aromatic amines is 1. The lowest BCUT2D eigenvalue weighted by atomic mass is 9.93. The number of rotatable bonds is 6. The van der Waals surface area contributed by atoms with Gasteiger partial charge in [-0.2, -0.15) is 0 Å². The topological polar surface area (TPSA) is 115 Å². The molecule has 194 valence electrons. The first kappa shape index (κ1) is 26.2. The third-order valence-corrected chi connectivity index (χ3v) is 6.71.